The van der Waals surface area contributed by atoms with Crippen molar-refractivity contribution in [1.82, 2.24) is 13.7 Å². The Balaban J connectivity index is 1.00. The van der Waals surface area contributed by atoms with Crippen molar-refractivity contribution >= 4 is 128 Å². The number of benzene rings is 14. The molecule has 0 unspecified atom stereocenters. The van der Waals surface area contributed by atoms with Gasteiger partial charge in [-0.05, 0) is 223 Å². The molecule has 2 aliphatic rings. The number of hydrogen-bond acceptors (Lipinski definition) is 2. The van der Waals surface area contributed by atoms with Gasteiger partial charge < -0.3 is 23.5 Å². The molecule has 0 saturated heterocycles. The summed E-state index contributed by atoms with van der Waals surface area (Å²) < 4.78 is 7.91. The molecule has 612 valence electrons. The molecule has 0 amide bonds. The van der Waals surface area contributed by atoms with Gasteiger partial charge in [0.2, 0.25) is 0 Å². The Hall–Kier alpha value is -11.7. The first-order valence-electron chi connectivity index (χ1n) is 44.4. The van der Waals surface area contributed by atoms with Gasteiger partial charge in [0.25, 0.3) is 0 Å². The molecule has 6 heteroatoms. The first-order chi connectivity index (χ1) is 57.5. The van der Waals surface area contributed by atoms with E-state index in [0.29, 0.717) is 0 Å². The van der Waals surface area contributed by atoms with E-state index in [1.165, 1.54) is 142 Å². The number of fused-ring (bicyclic) bond motifs is 13. The van der Waals surface area contributed by atoms with Crippen molar-refractivity contribution in [3.63, 3.8) is 0 Å². The second kappa shape index (κ2) is 27.7. The molecule has 0 saturated carbocycles. The van der Waals surface area contributed by atoms with Crippen LogP contribution in [0.3, 0.4) is 0 Å². The molecule has 0 aliphatic carbocycles. The lowest BCUT2D eigenvalue weighted by Crippen LogP contribution is -2.79. The lowest BCUT2D eigenvalue weighted by atomic mass is 9.79. The fourth-order valence-electron chi connectivity index (χ4n) is 19.7. The van der Waals surface area contributed by atoms with Gasteiger partial charge in [-0.15, -0.1) is 0 Å². The van der Waals surface area contributed by atoms with Gasteiger partial charge in [-0.1, -0.05) is 354 Å². The molecule has 0 fully saturated rings. The Kier molecular flexibility index (Phi) is 18.1. The first-order valence-corrected chi connectivity index (χ1v) is 46.4. The van der Waals surface area contributed by atoms with E-state index in [1.807, 2.05) is 0 Å². The first kappa shape index (κ1) is 80.0. The summed E-state index contributed by atoms with van der Waals surface area (Å²) in [5, 5.41) is 12.7. The van der Waals surface area contributed by atoms with Gasteiger partial charge in [0.15, 0.2) is 8.07 Å². The number of anilines is 6. The second-order valence-corrected chi connectivity index (χ2v) is 47.4. The molecule has 2 aliphatic heterocycles. The van der Waals surface area contributed by atoms with E-state index in [9.17, 15) is 0 Å². The quantitative estimate of drug-likeness (QED) is 0.141. The van der Waals surface area contributed by atoms with Crippen molar-refractivity contribution in [2.24, 2.45) is 0 Å². The minimum Gasteiger partial charge on any atom is -0.310 e. The van der Waals surface area contributed by atoms with Crippen molar-refractivity contribution in [2.45, 2.75) is 209 Å². The molecule has 0 N–H and O–H groups in total. The van der Waals surface area contributed by atoms with Crippen LogP contribution in [0.4, 0.5) is 34.1 Å². The lowest BCUT2D eigenvalue weighted by Gasteiger charge is -2.51. The molecule has 19 rings (SSSR count). The molecule has 14 aromatic carbocycles. The molecule has 0 radical (unpaired) electrons. The van der Waals surface area contributed by atoms with E-state index in [1.54, 1.807) is 0 Å². The van der Waals surface area contributed by atoms with Gasteiger partial charge in [0.05, 0.1) is 50.2 Å². The van der Waals surface area contributed by atoms with Crippen molar-refractivity contribution in [1.29, 1.82) is 0 Å². The van der Waals surface area contributed by atoms with Crippen LogP contribution in [-0.2, 0) is 43.3 Å². The second-order valence-electron chi connectivity index (χ2n) is 43.7. The smallest absolute Gasteiger partial charge is 0.188 e. The van der Waals surface area contributed by atoms with E-state index in [-0.39, 0.29) is 43.3 Å². The predicted molar refractivity (Wildman–Crippen MR) is 530 cm³/mol. The number of para-hydroxylation sites is 2. The van der Waals surface area contributed by atoms with Crippen LogP contribution in [0, 0.1) is 0 Å². The van der Waals surface area contributed by atoms with E-state index in [0.717, 1.165) is 62.2 Å². The molecule has 5 nitrogen and oxygen atoms in total. The van der Waals surface area contributed by atoms with Crippen LogP contribution in [0.5, 0.6) is 0 Å². The number of hydrogen-bond donors (Lipinski definition) is 0. The Morgan fingerprint density at radius 3 is 0.746 bits per heavy atom. The summed E-state index contributed by atoms with van der Waals surface area (Å²) in [4.78, 5) is 5.38. The highest BCUT2D eigenvalue weighted by atomic mass is 28.3. The zero-order valence-electron chi connectivity index (χ0n) is 76.4. The lowest BCUT2D eigenvalue weighted by molar-refractivity contribution is 0.568. The third-order valence-corrected chi connectivity index (χ3v) is 31.9. The van der Waals surface area contributed by atoms with Crippen molar-refractivity contribution < 1.29 is 0 Å². The van der Waals surface area contributed by atoms with Crippen molar-refractivity contribution in [3.8, 4) is 39.3 Å². The van der Waals surface area contributed by atoms with E-state index in [2.05, 4.69) is 475 Å². The number of rotatable bonds is 8. The number of nitrogens with zero attached hydrogens (tertiary/aromatic N) is 5. The SMILES string of the molecule is CC(C)(C)c1cc(-c2ccc3c4ccc(-c5cc(C(C)(C)C)cc(C(C)(C)C)c5)cc4n(-c4cc5c6c(c4)N(c4ccccc4)c4cc(-n7c8cc(C(C)(C)C)ccc8c8ccc(C(C)(C)C)cc87)ccc4[Si]6(c4ccccc4)c4ccc(-n6c7cc(C(C)(C)C)ccc7c7ccc(C(C)(C)C)cc76)cc4N5c4ccccc4)c3c2)cc(C(C)(C)C)c1. The fourth-order valence-corrected chi connectivity index (χ4v) is 25.1. The maximum atomic E-state index is 2.69. The highest BCUT2D eigenvalue weighted by Crippen LogP contribution is 2.52. The van der Waals surface area contributed by atoms with E-state index in [4.69, 9.17) is 0 Å². The molecular formula is C116H119N5Si. The summed E-state index contributed by atoms with van der Waals surface area (Å²) in [5.41, 5.74) is 31.8. The molecule has 122 heavy (non-hydrogen) atoms. The average Bonchev–Trinajstić information content (AvgIpc) is 0.695. The Labute approximate surface area is 725 Å². The van der Waals surface area contributed by atoms with E-state index < -0.39 is 8.07 Å². The summed E-state index contributed by atoms with van der Waals surface area (Å²) >= 11 is 0. The highest BCUT2D eigenvalue weighted by Gasteiger charge is 2.56. The monoisotopic (exact) mass is 1610 g/mol. The summed E-state index contributed by atoms with van der Waals surface area (Å²) in [6.07, 6.45) is 0. The topological polar surface area (TPSA) is 21.3 Å². The fraction of sp³-hybridized carbons (Fsp3) is 0.276. The molecular weight excluding hydrogens is 1490 g/mol. The van der Waals surface area contributed by atoms with Crippen LogP contribution in [0.25, 0.3) is 105 Å². The number of aromatic nitrogens is 3. The third kappa shape index (κ3) is 13.1. The molecule has 3 aromatic heterocycles. The summed E-state index contributed by atoms with van der Waals surface area (Å²) in [6, 6.07) is 114. The van der Waals surface area contributed by atoms with Gasteiger partial charge >= 0.3 is 0 Å². The van der Waals surface area contributed by atoms with Crippen molar-refractivity contribution in [2.75, 3.05) is 9.80 Å². The normalized spacial score (nSPS) is 14.1. The van der Waals surface area contributed by atoms with Crippen LogP contribution in [0.15, 0.2) is 285 Å². The summed E-state index contributed by atoms with van der Waals surface area (Å²) in [7, 11) is -3.68. The van der Waals surface area contributed by atoms with Crippen molar-refractivity contribution in [3.05, 3.63) is 330 Å². The molecule has 5 heterocycles. The third-order valence-electron chi connectivity index (χ3n) is 27.0. The van der Waals surface area contributed by atoms with Gasteiger partial charge in [-0.25, -0.2) is 0 Å². The Bertz CT molecular complexity index is 6520. The zero-order chi connectivity index (χ0) is 86.0. The maximum absolute atomic E-state index is 3.68. The zero-order valence-corrected chi connectivity index (χ0v) is 77.4. The van der Waals surface area contributed by atoms with Crippen LogP contribution < -0.4 is 30.5 Å². The van der Waals surface area contributed by atoms with E-state index >= 15 is 0 Å². The molecule has 0 bridgehead atoms. The average molecular weight is 1610 g/mol. The molecule has 17 aromatic rings. The minimum atomic E-state index is -3.68. The summed E-state index contributed by atoms with van der Waals surface area (Å²) in [5.74, 6) is 0. The standard InChI is InChI=1S/C116H119N5Si/c1-109(2,3)76-42-50-92-93-51-43-77(110(4,5)6)65-99(93)119(98(92)64-76)86-46-54-106-102(68-86)117(84-34-28-25-29-35-84)104-70-88(121-96-60-72(74-56-80(113(13,14)15)62-81(57-74)114(16,17)18)40-48-90(96)91-49-41-73(61-97(91)121)75-58-82(115(19,20)21)63-83(59-75)116(22,23)24)71-105-108(104)122(106,89-38-32-27-33-39-89)107-55-47-87(69-103(107)118(105)85-36-30-26-31-37-85)120-100-66-78(111(7,8)9)44-52-94(100)95-53-45-79(67-101(95)120)112(10,11)12/h25-71H,1-24H3. The van der Waals surface area contributed by atoms with Gasteiger partial charge in [-0.2, -0.15) is 0 Å². The maximum Gasteiger partial charge on any atom is 0.188 e. The summed E-state index contributed by atoms with van der Waals surface area (Å²) in [6.45, 7) is 56.5. The van der Waals surface area contributed by atoms with Gasteiger partial charge in [-0.3, -0.25) is 0 Å². The van der Waals surface area contributed by atoms with Crippen LogP contribution in [0.2, 0.25) is 0 Å². The molecule has 0 atom stereocenters. The van der Waals surface area contributed by atoms with Gasteiger partial charge in [0, 0.05) is 71.6 Å². The largest absolute Gasteiger partial charge is 0.310 e. The van der Waals surface area contributed by atoms with Crippen LogP contribution in [-0.4, -0.2) is 21.8 Å². The van der Waals surface area contributed by atoms with Gasteiger partial charge in [0.1, 0.15) is 0 Å². The predicted octanol–water partition coefficient (Wildman–Crippen LogP) is 29.6. The molecule has 0 spiro atoms. The Morgan fingerprint density at radius 1 is 0.189 bits per heavy atom. The highest BCUT2D eigenvalue weighted by molar-refractivity contribution is 7.23. The van der Waals surface area contributed by atoms with Crippen LogP contribution in [0.1, 0.15) is 211 Å². The Morgan fingerprint density at radius 2 is 0.451 bits per heavy atom. The van der Waals surface area contributed by atoms with Crippen LogP contribution >= 0.6 is 0 Å². The minimum absolute atomic E-state index is 0.0938.